The van der Waals surface area contributed by atoms with Crippen molar-refractivity contribution >= 4 is 40.6 Å². The highest BCUT2D eigenvalue weighted by Crippen LogP contribution is 2.22. The molecule has 1 heterocycles. The summed E-state index contributed by atoms with van der Waals surface area (Å²) in [5, 5.41) is 3.17. The zero-order valence-corrected chi connectivity index (χ0v) is 16.6. The molecule has 0 bridgehead atoms. The summed E-state index contributed by atoms with van der Waals surface area (Å²) in [6, 6.07) is 4.75. The second-order valence-corrected chi connectivity index (χ2v) is 7.84. The Bertz CT molecular complexity index is 749. The van der Waals surface area contributed by atoms with E-state index in [1.807, 2.05) is 0 Å². The van der Waals surface area contributed by atoms with Crippen molar-refractivity contribution in [1.29, 1.82) is 0 Å². The lowest BCUT2D eigenvalue weighted by atomic mass is 10.1. The van der Waals surface area contributed by atoms with E-state index in [0.29, 0.717) is 16.7 Å². The Morgan fingerprint density at radius 1 is 1.08 bits per heavy atom. The molecule has 8 heteroatoms. The molecule has 0 aliphatic carbocycles. The van der Waals surface area contributed by atoms with Crippen molar-refractivity contribution in [2.75, 3.05) is 5.32 Å². The third kappa shape index (κ3) is 6.00. The van der Waals surface area contributed by atoms with Crippen LogP contribution in [0.4, 0.5) is 5.69 Å². The van der Waals surface area contributed by atoms with E-state index >= 15 is 0 Å². The molecule has 0 unspecified atom stereocenters. The van der Waals surface area contributed by atoms with Gasteiger partial charge in [0.25, 0.3) is 0 Å². The van der Waals surface area contributed by atoms with Crippen molar-refractivity contribution in [3.8, 4) is 0 Å². The number of rotatable bonds is 7. The minimum absolute atomic E-state index is 0.260. The minimum Gasteiger partial charge on any atom is -0.459 e. The van der Waals surface area contributed by atoms with Crippen LogP contribution in [-0.4, -0.2) is 29.1 Å². The molecular formula is C18H21ClN2O4S. The molecule has 1 aromatic carbocycles. The van der Waals surface area contributed by atoms with Gasteiger partial charge in [0.2, 0.25) is 0 Å². The van der Waals surface area contributed by atoms with Gasteiger partial charge >= 0.3 is 11.9 Å². The van der Waals surface area contributed by atoms with Crippen LogP contribution in [0.15, 0.2) is 24.4 Å². The van der Waals surface area contributed by atoms with Crippen molar-refractivity contribution in [3.63, 3.8) is 0 Å². The molecule has 140 valence electrons. The zero-order valence-electron chi connectivity index (χ0n) is 15.0. The second kappa shape index (κ2) is 9.00. The number of halogens is 1. The number of anilines is 1. The van der Waals surface area contributed by atoms with Crippen LogP contribution in [-0.2, 0) is 16.0 Å². The summed E-state index contributed by atoms with van der Waals surface area (Å²) >= 11 is 7.18. The number of carbonyl (C=O) groups is 2. The van der Waals surface area contributed by atoms with Crippen molar-refractivity contribution in [2.24, 2.45) is 0 Å². The third-order valence-corrected chi connectivity index (χ3v) is 4.20. The molecule has 1 aromatic heterocycles. The van der Waals surface area contributed by atoms with E-state index in [-0.39, 0.29) is 23.3 Å². The lowest BCUT2D eigenvalue weighted by Crippen LogP contribution is -2.15. The first kappa shape index (κ1) is 20.2. The predicted molar refractivity (Wildman–Crippen MR) is 102 cm³/mol. The van der Waals surface area contributed by atoms with Gasteiger partial charge in [0.1, 0.15) is 0 Å². The Morgan fingerprint density at radius 2 is 1.62 bits per heavy atom. The van der Waals surface area contributed by atoms with Crippen molar-refractivity contribution in [1.82, 2.24) is 4.98 Å². The van der Waals surface area contributed by atoms with E-state index in [2.05, 4.69) is 10.3 Å². The number of thiazole rings is 1. The largest absolute Gasteiger partial charge is 0.459 e. The Balaban J connectivity index is 2.26. The number of nitrogens with one attached hydrogen (secondary N) is 1. The summed E-state index contributed by atoms with van der Waals surface area (Å²) in [6.07, 6.45) is 1.15. The van der Waals surface area contributed by atoms with E-state index in [9.17, 15) is 9.59 Å². The quantitative estimate of drug-likeness (QED) is 0.692. The van der Waals surface area contributed by atoms with Gasteiger partial charge in [-0.1, -0.05) is 11.6 Å². The molecule has 0 aliphatic rings. The number of hydrogen-bond donors (Lipinski definition) is 1. The molecule has 0 saturated heterocycles. The third-order valence-electron chi connectivity index (χ3n) is 3.08. The topological polar surface area (TPSA) is 77.5 Å². The highest BCUT2D eigenvalue weighted by Gasteiger charge is 2.17. The molecular weight excluding hydrogens is 376 g/mol. The first-order valence-corrected chi connectivity index (χ1v) is 9.35. The Hall–Kier alpha value is -2.12. The van der Waals surface area contributed by atoms with E-state index in [1.54, 1.807) is 46.0 Å². The van der Waals surface area contributed by atoms with Gasteiger partial charge < -0.3 is 14.8 Å². The molecule has 2 rings (SSSR count). The molecule has 1 N–H and O–H groups in total. The molecule has 26 heavy (non-hydrogen) atoms. The van der Waals surface area contributed by atoms with Gasteiger partial charge in [0.05, 0.1) is 29.9 Å². The van der Waals surface area contributed by atoms with E-state index in [1.165, 1.54) is 17.4 Å². The lowest BCUT2D eigenvalue weighted by Gasteiger charge is -2.13. The molecule has 0 fully saturated rings. The van der Waals surface area contributed by atoms with Crippen molar-refractivity contribution in [3.05, 3.63) is 44.9 Å². The molecule has 0 atom stereocenters. The number of esters is 2. The van der Waals surface area contributed by atoms with Crippen LogP contribution in [0, 0.1) is 0 Å². The standard InChI is InChI=1S/C18H21ClN2O4S/c1-10(2)24-16(22)12-5-13(17(23)25-11(3)4)7-14(6-12)20-8-15-9-21-18(19)26-15/h5-7,9-11,20H,8H2,1-4H3. The summed E-state index contributed by atoms with van der Waals surface area (Å²) in [6.45, 7) is 7.53. The van der Waals surface area contributed by atoms with Gasteiger partial charge in [-0.3, -0.25) is 0 Å². The molecule has 0 amide bonds. The molecule has 0 spiro atoms. The van der Waals surface area contributed by atoms with E-state index < -0.39 is 11.9 Å². The van der Waals surface area contributed by atoms with Gasteiger partial charge in [-0.05, 0) is 45.9 Å². The number of hydrogen-bond acceptors (Lipinski definition) is 7. The summed E-state index contributed by atoms with van der Waals surface area (Å²) in [5.41, 5.74) is 1.16. The molecule has 0 saturated carbocycles. The van der Waals surface area contributed by atoms with Crippen LogP contribution in [0.25, 0.3) is 0 Å². The van der Waals surface area contributed by atoms with Crippen LogP contribution in [0.5, 0.6) is 0 Å². The predicted octanol–water partition coefficient (Wildman–Crippen LogP) is 4.54. The number of nitrogens with zero attached hydrogens (tertiary/aromatic N) is 1. The van der Waals surface area contributed by atoms with Gasteiger partial charge in [-0.25, -0.2) is 14.6 Å². The number of ether oxygens (including phenoxy) is 2. The summed E-state index contributed by atoms with van der Waals surface area (Å²) < 4.78 is 10.9. The monoisotopic (exact) mass is 396 g/mol. The van der Waals surface area contributed by atoms with E-state index in [4.69, 9.17) is 21.1 Å². The lowest BCUT2D eigenvalue weighted by molar-refractivity contribution is 0.0378. The average molecular weight is 397 g/mol. The Labute approximate surface area is 161 Å². The first-order chi connectivity index (χ1) is 12.2. The number of aromatic nitrogens is 1. The maximum atomic E-state index is 12.3. The molecule has 2 aromatic rings. The number of carbonyl (C=O) groups excluding carboxylic acids is 2. The van der Waals surface area contributed by atoms with Crippen LogP contribution in [0.3, 0.4) is 0 Å². The fourth-order valence-electron chi connectivity index (χ4n) is 2.08. The first-order valence-electron chi connectivity index (χ1n) is 8.15. The van der Waals surface area contributed by atoms with Gasteiger partial charge in [-0.15, -0.1) is 11.3 Å². The normalized spacial score (nSPS) is 10.9. The molecule has 0 aliphatic heterocycles. The SMILES string of the molecule is CC(C)OC(=O)c1cc(NCc2cnc(Cl)s2)cc(C(=O)OC(C)C)c1. The van der Waals surface area contributed by atoms with Crippen LogP contribution < -0.4 is 5.32 Å². The Morgan fingerprint density at radius 3 is 2.04 bits per heavy atom. The van der Waals surface area contributed by atoms with Crippen LogP contribution in [0.1, 0.15) is 53.3 Å². The minimum atomic E-state index is -0.497. The molecule has 0 radical (unpaired) electrons. The van der Waals surface area contributed by atoms with E-state index in [0.717, 1.165) is 4.88 Å². The van der Waals surface area contributed by atoms with Gasteiger partial charge in [0.15, 0.2) is 4.47 Å². The Kier molecular flexibility index (Phi) is 6.99. The van der Waals surface area contributed by atoms with Crippen LogP contribution in [0.2, 0.25) is 4.47 Å². The fraction of sp³-hybridized carbons (Fsp3) is 0.389. The smallest absolute Gasteiger partial charge is 0.338 e. The highest BCUT2D eigenvalue weighted by molar-refractivity contribution is 7.15. The van der Waals surface area contributed by atoms with Crippen molar-refractivity contribution < 1.29 is 19.1 Å². The highest BCUT2D eigenvalue weighted by atomic mass is 35.5. The molecule has 6 nitrogen and oxygen atoms in total. The number of benzene rings is 1. The van der Waals surface area contributed by atoms with Gasteiger partial charge in [-0.2, -0.15) is 0 Å². The summed E-state index contributed by atoms with van der Waals surface area (Å²) in [7, 11) is 0. The second-order valence-electron chi connectivity index (χ2n) is 6.14. The average Bonchev–Trinajstić information content (AvgIpc) is 2.97. The van der Waals surface area contributed by atoms with Crippen LogP contribution >= 0.6 is 22.9 Å². The van der Waals surface area contributed by atoms with Gasteiger partial charge in [0, 0.05) is 16.8 Å². The fourth-order valence-corrected chi connectivity index (χ4v) is 3.00. The summed E-state index contributed by atoms with van der Waals surface area (Å²) in [4.78, 5) is 29.4. The zero-order chi connectivity index (χ0) is 19.3. The summed E-state index contributed by atoms with van der Waals surface area (Å²) in [5.74, 6) is -0.994. The maximum absolute atomic E-state index is 12.3. The van der Waals surface area contributed by atoms with Crippen molar-refractivity contribution in [2.45, 2.75) is 46.4 Å². The maximum Gasteiger partial charge on any atom is 0.338 e.